The van der Waals surface area contributed by atoms with Crippen molar-refractivity contribution in [3.05, 3.63) is 69.7 Å². The van der Waals surface area contributed by atoms with Crippen LogP contribution in [0.3, 0.4) is 0 Å². The van der Waals surface area contributed by atoms with Gasteiger partial charge in [0.05, 0.1) is 23.6 Å². The van der Waals surface area contributed by atoms with E-state index < -0.39 is 33.2 Å². The van der Waals surface area contributed by atoms with Crippen molar-refractivity contribution < 1.29 is 23.1 Å². The van der Waals surface area contributed by atoms with Gasteiger partial charge in [0.1, 0.15) is 9.84 Å². The molecule has 1 aliphatic rings. The summed E-state index contributed by atoms with van der Waals surface area (Å²) in [5, 5.41) is 14.0. The number of nitrogens with one attached hydrogen (secondary N) is 1. The lowest BCUT2D eigenvalue weighted by molar-refractivity contribution is -0.152. The molecule has 2 aromatic carbocycles. The van der Waals surface area contributed by atoms with Gasteiger partial charge in [-0.25, -0.2) is 8.42 Å². The number of benzene rings is 2. The molecule has 0 aliphatic carbocycles. The highest BCUT2D eigenvalue weighted by atomic mass is 35.5. The number of hydrogen-bond donors (Lipinski definition) is 2. The number of carboxylic acids is 1. The van der Waals surface area contributed by atoms with E-state index in [1.165, 1.54) is 0 Å². The Hall–Kier alpha value is -2.09. The molecule has 2 N–H and O–H groups in total. The van der Waals surface area contributed by atoms with Crippen LogP contribution in [0.15, 0.2) is 48.5 Å². The zero-order chi connectivity index (χ0) is 25.1. The Morgan fingerprint density at radius 3 is 2.38 bits per heavy atom. The van der Waals surface area contributed by atoms with Crippen LogP contribution in [-0.2, 0) is 19.4 Å². The Bertz CT molecular complexity index is 1150. The number of aliphatic carboxylic acids is 1. The first kappa shape index (κ1) is 26.5. The van der Waals surface area contributed by atoms with Gasteiger partial charge in [-0.2, -0.15) is 0 Å². The topological polar surface area (TPSA) is 101 Å². The summed E-state index contributed by atoms with van der Waals surface area (Å²) in [5.41, 5.74) is 0.456. The summed E-state index contributed by atoms with van der Waals surface area (Å²) in [5.74, 6) is -2.27. The second-order valence-electron chi connectivity index (χ2n) is 9.12. The van der Waals surface area contributed by atoms with Gasteiger partial charge < -0.3 is 10.4 Å². The van der Waals surface area contributed by atoms with Crippen molar-refractivity contribution in [2.24, 2.45) is 11.3 Å². The number of hydrogen-bond acceptors (Lipinski definition) is 4. The molecule has 3 rings (SSSR count). The number of carbonyl (C=O) groups is 2. The summed E-state index contributed by atoms with van der Waals surface area (Å²) in [6.07, 6.45) is 1.70. The van der Waals surface area contributed by atoms with Crippen LogP contribution >= 0.6 is 23.2 Å². The minimum Gasteiger partial charge on any atom is -0.481 e. The average molecular weight is 526 g/mol. The van der Waals surface area contributed by atoms with Crippen molar-refractivity contribution >= 4 is 44.9 Å². The molecule has 0 aromatic heterocycles. The van der Waals surface area contributed by atoms with Crippen LogP contribution in [0.4, 0.5) is 0 Å². The Morgan fingerprint density at radius 1 is 1.15 bits per heavy atom. The largest absolute Gasteiger partial charge is 0.481 e. The van der Waals surface area contributed by atoms with E-state index in [4.69, 9.17) is 23.2 Å². The molecule has 6 nitrogen and oxygen atoms in total. The van der Waals surface area contributed by atoms with E-state index in [9.17, 15) is 23.1 Å². The maximum atomic E-state index is 13.7. The smallest absolute Gasteiger partial charge is 0.304 e. The van der Waals surface area contributed by atoms with Gasteiger partial charge in [0.25, 0.3) is 0 Å². The van der Waals surface area contributed by atoms with Crippen LogP contribution in [0.25, 0.3) is 0 Å². The zero-order valence-electron chi connectivity index (χ0n) is 19.1. The molecular formula is C25H29Cl2NO5S. The number of rotatable bonds is 9. The predicted octanol–water partition coefficient (Wildman–Crippen LogP) is 5.26. The molecule has 34 heavy (non-hydrogen) atoms. The van der Waals surface area contributed by atoms with Crippen molar-refractivity contribution in [2.45, 2.75) is 44.6 Å². The van der Waals surface area contributed by atoms with Crippen LogP contribution in [0, 0.1) is 11.3 Å². The minimum atomic E-state index is -3.28. The predicted molar refractivity (Wildman–Crippen MR) is 134 cm³/mol. The maximum absolute atomic E-state index is 13.7. The van der Waals surface area contributed by atoms with Gasteiger partial charge >= 0.3 is 5.97 Å². The maximum Gasteiger partial charge on any atom is 0.304 e. The SMILES string of the molecule is CC[C@@H](CCS(C)(=O)=O)[C@]1(CC(=O)O)C[C@H](c2cccc(Cl)c2)[C@@H](c2ccc(Cl)cc2)NC1=O. The number of piperidine rings is 1. The van der Waals surface area contributed by atoms with Gasteiger partial charge in [-0.05, 0) is 54.2 Å². The lowest BCUT2D eigenvalue weighted by Gasteiger charge is -2.48. The van der Waals surface area contributed by atoms with E-state index in [0.717, 1.165) is 17.4 Å². The summed E-state index contributed by atoms with van der Waals surface area (Å²) in [7, 11) is -3.28. The lowest BCUT2D eigenvalue weighted by atomic mass is 9.60. The highest BCUT2D eigenvalue weighted by Gasteiger charge is 2.53. The number of amides is 1. The molecule has 0 saturated carbocycles. The first-order valence-corrected chi connectivity index (χ1v) is 14.0. The van der Waals surface area contributed by atoms with E-state index >= 15 is 0 Å². The second-order valence-corrected chi connectivity index (χ2v) is 12.3. The van der Waals surface area contributed by atoms with Crippen molar-refractivity contribution in [1.82, 2.24) is 5.32 Å². The molecule has 1 aliphatic heterocycles. The molecule has 1 fully saturated rings. The third kappa shape index (κ3) is 6.12. The molecule has 2 aromatic rings. The molecule has 0 spiro atoms. The lowest BCUT2D eigenvalue weighted by Crippen LogP contribution is -2.55. The summed E-state index contributed by atoms with van der Waals surface area (Å²) < 4.78 is 23.8. The molecule has 4 atom stereocenters. The molecular weight excluding hydrogens is 497 g/mol. The zero-order valence-corrected chi connectivity index (χ0v) is 21.5. The van der Waals surface area contributed by atoms with Crippen molar-refractivity contribution in [2.75, 3.05) is 12.0 Å². The van der Waals surface area contributed by atoms with Crippen LogP contribution in [0.1, 0.15) is 55.7 Å². The molecule has 1 amide bonds. The van der Waals surface area contributed by atoms with Gasteiger partial charge in [0.15, 0.2) is 0 Å². The van der Waals surface area contributed by atoms with Crippen LogP contribution < -0.4 is 5.32 Å². The molecule has 184 valence electrons. The Kier molecular flexibility index (Phi) is 8.32. The monoisotopic (exact) mass is 525 g/mol. The Labute approximate surface area is 210 Å². The van der Waals surface area contributed by atoms with E-state index in [1.807, 2.05) is 37.3 Å². The molecule has 9 heteroatoms. The first-order valence-electron chi connectivity index (χ1n) is 11.2. The quantitative estimate of drug-likeness (QED) is 0.464. The molecule has 1 heterocycles. The molecule has 0 bridgehead atoms. The summed E-state index contributed by atoms with van der Waals surface area (Å²) >= 11 is 12.4. The summed E-state index contributed by atoms with van der Waals surface area (Å²) in [6, 6.07) is 14.1. The minimum absolute atomic E-state index is 0.109. The summed E-state index contributed by atoms with van der Waals surface area (Å²) in [6.45, 7) is 1.86. The Morgan fingerprint density at radius 2 is 1.82 bits per heavy atom. The second kappa shape index (κ2) is 10.7. The average Bonchev–Trinajstić information content (AvgIpc) is 2.75. The number of carboxylic acid groups (broad SMARTS) is 1. The fraction of sp³-hybridized carbons (Fsp3) is 0.440. The fourth-order valence-corrected chi connectivity index (χ4v) is 6.21. The van der Waals surface area contributed by atoms with Gasteiger partial charge in [0.2, 0.25) is 5.91 Å². The van der Waals surface area contributed by atoms with Crippen LogP contribution in [-0.4, -0.2) is 37.4 Å². The number of carbonyl (C=O) groups excluding carboxylic acids is 1. The third-order valence-corrected chi connectivity index (χ3v) is 8.27. The van der Waals surface area contributed by atoms with E-state index in [2.05, 4.69) is 5.32 Å². The molecule has 0 radical (unpaired) electrons. The molecule has 0 unspecified atom stereocenters. The Balaban J connectivity index is 2.11. The normalized spacial score (nSPS) is 23.8. The third-order valence-electron chi connectivity index (χ3n) is 6.81. The first-order chi connectivity index (χ1) is 15.9. The summed E-state index contributed by atoms with van der Waals surface area (Å²) in [4.78, 5) is 25.7. The van der Waals surface area contributed by atoms with E-state index in [1.54, 1.807) is 18.2 Å². The number of sulfone groups is 1. The fourth-order valence-electron chi connectivity index (χ4n) is 5.17. The van der Waals surface area contributed by atoms with Gasteiger partial charge in [-0.1, -0.05) is 60.8 Å². The van der Waals surface area contributed by atoms with Gasteiger partial charge in [-0.3, -0.25) is 9.59 Å². The highest BCUT2D eigenvalue weighted by molar-refractivity contribution is 7.90. The van der Waals surface area contributed by atoms with E-state index in [-0.39, 0.29) is 36.8 Å². The van der Waals surface area contributed by atoms with Crippen molar-refractivity contribution in [3.8, 4) is 0 Å². The standard InChI is InChI=1S/C25H29Cl2NO5S/c1-3-18(11-12-34(2,32)33)25(15-22(29)30)14-21(17-5-4-6-20(27)13-17)23(28-24(25)31)16-7-9-19(26)10-8-16/h4-10,13,18,21,23H,3,11-12,14-15H2,1-2H3,(H,28,31)(H,29,30)/t18-,21+,23+,25+/m0/s1. The van der Waals surface area contributed by atoms with Crippen molar-refractivity contribution in [1.29, 1.82) is 0 Å². The van der Waals surface area contributed by atoms with Crippen LogP contribution in [0.2, 0.25) is 10.0 Å². The van der Waals surface area contributed by atoms with Crippen molar-refractivity contribution in [3.63, 3.8) is 0 Å². The highest BCUT2D eigenvalue weighted by Crippen LogP contribution is 2.52. The number of halogens is 2. The van der Waals surface area contributed by atoms with E-state index in [0.29, 0.717) is 16.5 Å². The van der Waals surface area contributed by atoms with Gasteiger partial charge in [-0.15, -0.1) is 0 Å². The van der Waals surface area contributed by atoms with Crippen LogP contribution in [0.5, 0.6) is 0 Å². The van der Waals surface area contributed by atoms with Gasteiger partial charge in [0, 0.05) is 22.2 Å². The molecule has 1 saturated heterocycles.